The van der Waals surface area contributed by atoms with E-state index < -0.39 is 16.4 Å². The highest BCUT2D eigenvalue weighted by atomic mass is 79.9. The van der Waals surface area contributed by atoms with Crippen molar-refractivity contribution < 1.29 is 18.8 Å². The van der Waals surface area contributed by atoms with Crippen LogP contribution >= 0.6 is 15.9 Å². The fourth-order valence-electron chi connectivity index (χ4n) is 2.11. The van der Waals surface area contributed by atoms with Crippen molar-refractivity contribution in [1.29, 1.82) is 0 Å². The summed E-state index contributed by atoms with van der Waals surface area (Å²) >= 11 is 2.85. The number of nitrogen functional groups attached to an aromatic ring is 1. The number of halogens is 2. The Hall–Kier alpha value is -1.90. The van der Waals surface area contributed by atoms with E-state index in [9.17, 15) is 19.3 Å². The normalized spacial score (nSPS) is 14.4. The van der Waals surface area contributed by atoms with E-state index in [0.717, 1.165) is 38.1 Å². The Bertz CT molecular complexity index is 629. The van der Waals surface area contributed by atoms with Crippen LogP contribution in [0.4, 0.5) is 20.6 Å². The van der Waals surface area contributed by atoms with Gasteiger partial charge in [-0.25, -0.2) is 9.18 Å². The van der Waals surface area contributed by atoms with Crippen LogP contribution in [0.25, 0.3) is 0 Å². The average molecular weight is 420 g/mol. The molecule has 25 heavy (non-hydrogen) atoms. The molecule has 9 heteroatoms. The molecule has 0 atom stereocenters. The molecule has 7 nitrogen and oxygen atoms in total. The summed E-state index contributed by atoms with van der Waals surface area (Å²) in [6, 6.07) is 1.94. The zero-order valence-corrected chi connectivity index (χ0v) is 16.1. The number of rotatable bonds is 1. The Morgan fingerprint density at radius 2 is 1.88 bits per heavy atom. The maximum atomic E-state index is 12.7. The Kier molecular flexibility index (Phi) is 7.60. The number of carbonyl (C=O) groups is 1. The lowest BCUT2D eigenvalue weighted by atomic mass is 10.1. The maximum Gasteiger partial charge on any atom is 0.410 e. The molecule has 2 N–H and O–H groups in total. The van der Waals surface area contributed by atoms with Crippen molar-refractivity contribution in [3.05, 3.63) is 32.5 Å². The molecule has 0 aliphatic carbocycles. The van der Waals surface area contributed by atoms with Gasteiger partial charge in [-0.05, 0) is 62.0 Å². The number of nitro benzene ring substituents is 1. The number of nitrogens with zero attached hydrogens (tertiary/aromatic N) is 2. The summed E-state index contributed by atoms with van der Waals surface area (Å²) in [4.78, 5) is 22.8. The first-order chi connectivity index (χ1) is 11.5. The highest BCUT2D eigenvalue weighted by Crippen LogP contribution is 2.27. The number of amides is 1. The molecule has 1 fully saturated rings. The third-order valence-corrected chi connectivity index (χ3v) is 3.88. The average Bonchev–Trinajstić information content (AvgIpc) is 2.50. The van der Waals surface area contributed by atoms with Gasteiger partial charge in [0.05, 0.1) is 15.5 Å². The van der Waals surface area contributed by atoms with Gasteiger partial charge in [0.2, 0.25) is 0 Å². The zero-order valence-electron chi connectivity index (χ0n) is 14.6. The van der Waals surface area contributed by atoms with E-state index in [0.29, 0.717) is 0 Å². The van der Waals surface area contributed by atoms with Crippen molar-refractivity contribution in [2.75, 3.05) is 18.8 Å². The maximum absolute atomic E-state index is 12.7. The number of benzene rings is 1. The standard InChI is InChI=1S/C10H19NO2.C6H4BrFN2O2/c1-10(2,3)13-9(12)11-7-5-4-6-8-11;7-3-1-5(9)6(10(11)12)2-4(3)8/h4-8H2,1-3H3;1-2H,9H2. The lowest BCUT2D eigenvalue weighted by molar-refractivity contribution is -0.384. The van der Waals surface area contributed by atoms with Crippen molar-refractivity contribution in [1.82, 2.24) is 4.90 Å². The van der Waals surface area contributed by atoms with E-state index >= 15 is 0 Å². The molecule has 0 radical (unpaired) electrons. The summed E-state index contributed by atoms with van der Waals surface area (Å²) in [7, 11) is 0. The third kappa shape index (κ3) is 7.25. The second-order valence-corrected chi connectivity index (χ2v) is 7.46. The number of ether oxygens (including phenoxy) is 1. The van der Waals surface area contributed by atoms with Crippen LogP contribution in [0.1, 0.15) is 40.0 Å². The molecule has 1 aliphatic rings. The lowest BCUT2D eigenvalue weighted by Crippen LogP contribution is -2.39. The van der Waals surface area contributed by atoms with Crippen LogP contribution in [0.5, 0.6) is 0 Å². The SMILES string of the molecule is CC(C)(C)OC(=O)N1CCCCC1.Nc1cc(Br)c(F)cc1[N+](=O)[O-]. The molecule has 0 saturated carbocycles. The predicted molar refractivity (Wildman–Crippen MR) is 96.8 cm³/mol. The Morgan fingerprint density at radius 1 is 1.32 bits per heavy atom. The third-order valence-electron chi connectivity index (χ3n) is 3.27. The highest BCUT2D eigenvalue weighted by Gasteiger charge is 2.22. The summed E-state index contributed by atoms with van der Waals surface area (Å²) in [5.74, 6) is -0.698. The van der Waals surface area contributed by atoms with Crippen molar-refractivity contribution in [3.8, 4) is 0 Å². The van der Waals surface area contributed by atoms with Crippen LogP contribution in [0.3, 0.4) is 0 Å². The minimum Gasteiger partial charge on any atom is -0.444 e. The van der Waals surface area contributed by atoms with E-state index in [1.165, 1.54) is 6.42 Å². The number of carbonyl (C=O) groups excluding carboxylic acids is 1. The van der Waals surface area contributed by atoms with Crippen molar-refractivity contribution >= 4 is 33.4 Å². The minimum atomic E-state index is -0.731. The van der Waals surface area contributed by atoms with E-state index in [4.69, 9.17) is 10.5 Å². The number of anilines is 1. The van der Waals surface area contributed by atoms with Crippen molar-refractivity contribution in [3.63, 3.8) is 0 Å². The van der Waals surface area contributed by atoms with Crippen LogP contribution < -0.4 is 5.73 Å². The molecule has 1 aromatic rings. The monoisotopic (exact) mass is 419 g/mol. The molecule has 1 saturated heterocycles. The predicted octanol–water partition coefficient (Wildman–Crippen LogP) is 4.49. The molecule has 0 bridgehead atoms. The molecular weight excluding hydrogens is 397 g/mol. The number of likely N-dealkylation sites (tertiary alicyclic amines) is 1. The highest BCUT2D eigenvalue weighted by molar-refractivity contribution is 9.10. The molecule has 0 aromatic heterocycles. The van der Waals surface area contributed by atoms with Gasteiger partial charge < -0.3 is 15.4 Å². The topological polar surface area (TPSA) is 98.7 Å². The van der Waals surface area contributed by atoms with E-state index in [1.807, 2.05) is 20.8 Å². The molecule has 0 spiro atoms. The quantitative estimate of drug-likeness (QED) is 0.410. The van der Waals surface area contributed by atoms with Gasteiger partial charge in [-0.15, -0.1) is 0 Å². The second-order valence-electron chi connectivity index (χ2n) is 6.61. The Morgan fingerprint density at radius 3 is 2.36 bits per heavy atom. The van der Waals surface area contributed by atoms with Gasteiger partial charge in [0, 0.05) is 13.1 Å². The minimum absolute atomic E-state index is 0.0618. The van der Waals surface area contributed by atoms with Gasteiger partial charge in [-0.2, -0.15) is 0 Å². The van der Waals surface area contributed by atoms with Gasteiger partial charge >= 0.3 is 6.09 Å². The summed E-state index contributed by atoms with van der Waals surface area (Å²) < 4.78 is 18.1. The Balaban J connectivity index is 0.000000251. The number of hydrogen-bond acceptors (Lipinski definition) is 5. The van der Waals surface area contributed by atoms with Crippen LogP contribution in [-0.2, 0) is 4.74 Å². The van der Waals surface area contributed by atoms with Gasteiger partial charge in [0.1, 0.15) is 17.1 Å². The van der Waals surface area contributed by atoms with Gasteiger partial charge in [0.25, 0.3) is 5.69 Å². The summed E-state index contributed by atoms with van der Waals surface area (Å²) in [5.41, 5.74) is 4.40. The number of piperidine rings is 1. The zero-order chi connectivity index (χ0) is 19.2. The van der Waals surface area contributed by atoms with Crippen LogP contribution in [0.2, 0.25) is 0 Å². The molecule has 1 aliphatic heterocycles. The number of nitrogens with two attached hydrogens (primary N) is 1. The van der Waals surface area contributed by atoms with Crippen molar-refractivity contribution in [2.45, 2.75) is 45.6 Å². The molecule has 140 valence electrons. The van der Waals surface area contributed by atoms with E-state index in [1.54, 1.807) is 4.90 Å². The summed E-state index contributed by atoms with van der Waals surface area (Å²) in [6.07, 6.45) is 3.30. The van der Waals surface area contributed by atoms with E-state index in [-0.39, 0.29) is 21.9 Å². The first-order valence-corrected chi connectivity index (χ1v) is 8.67. The van der Waals surface area contributed by atoms with Crippen LogP contribution in [-0.4, -0.2) is 34.6 Å². The summed E-state index contributed by atoms with van der Waals surface area (Å²) in [5, 5.41) is 10.2. The van der Waals surface area contributed by atoms with Gasteiger partial charge in [-0.1, -0.05) is 0 Å². The van der Waals surface area contributed by atoms with E-state index in [2.05, 4.69) is 15.9 Å². The van der Waals surface area contributed by atoms with Gasteiger partial charge in [-0.3, -0.25) is 10.1 Å². The molecular formula is C16H23BrFN3O4. The molecule has 2 rings (SSSR count). The smallest absolute Gasteiger partial charge is 0.410 e. The lowest BCUT2D eigenvalue weighted by Gasteiger charge is -2.29. The molecule has 1 heterocycles. The molecule has 1 amide bonds. The number of nitro groups is 1. The fraction of sp³-hybridized carbons (Fsp3) is 0.562. The second kappa shape index (κ2) is 8.98. The van der Waals surface area contributed by atoms with Gasteiger partial charge in [0.15, 0.2) is 0 Å². The number of hydrogen-bond donors (Lipinski definition) is 1. The molecule has 0 unspecified atom stereocenters. The molecule has 1 aromatic carbocycles. The first kappa shape index (κ1) is 21.1. The van der Waals surface area contributed by atoms with Crippen molar-refractivity contribution in [2.24, 2.45) is 0 Å². The Labute approximate surface area is 154 Å². The first-order valence-electron chi connectivity index (χ1n) is 7.88. The van der Waals surface area contributed by atoms with Crippen LogP contribution in [0, 0.1) is 15.9 Å². The fourth-order valence-corrected chi connectivity index (χ4v) is 2.47. The summed E-state index contributed by atoms with van der Waals surface area (Å²) in [6.45, 7) is 7.41. The van der Waals surface area contributed by atoms with Crippen LogP contribution in [0.15, 0.2) is 16.6 Å². The largest absolute Gasteiger partial charge is 0.444 e.